The fourth-order valence-corrected chi connectivity index (χ4v) is 5.03. The van der Waals surface area contributed by atoms with Gasteiger partial charge in [-0.1, -0.05) is 54.9 Å². The Balaban J connectivity index is 1.55. The van der Waals surface area contributed by atoms with Crippen molar-refractivity contribution in [2.24, 2.45) is 0 Å². The van der Waals surface area contributed by atoms with Crippen LogP contribution < -0.4 is 5.32 Å². The van der Waals surface area contributed by atoms with Crippen molar-refractivity contribution in [3.05, 3.63) is 118 Å². The number of carbonyl (C=O) groups is 1. The van der Waals surface area contributed by atoms with Crippen LogP contribution in [0, 0.1) is 5.82 Å². The Morgan fingerprint density at radius 1 is 1.11 bits per heavy atom. The Bertz CT molecular complexity index is 1620. The van der Waals surface area contributed by atoms with Crippen molar-refractivity contribution in [1.82, 2.24) is 15.2 Å². The number of hydrogen-bond acceptors (Lipinski definition) is 4. The number of amides is 1. The summed E-state index contributed by atoms with van der Waals surface area (Å²) in [6.07, 6.45) is 7.35. The van der Waals surface area contributed by atoms with Gasteiger partial charge in [0.1, 0.15) is 5.82 Å². The molecule has 0 fully saturated rings. The summed E-state index contributed by atoms with van der Waals surface area (Å²) in [5.41, 5.74) is 6.57. The molecule has 0 aliphatic carbocycles. The average Bonchev–Trinajstić information content (AvgIpc) is 3.59. The lowest BCUT2D eigenvalue weighted by molar-refractivity contribution is -0.111. The molecule has 0 radical (unpaired) electrons. The Hall–Kier alpha value is -4.07. The zero-order valence-electron chi connectivity index (χ0n) is 19.8. The second kappa shape index (κ2) is 10.9. The molecule has 5 nitrogen and oxygen atoms in total. The smallest absolute Gasteiger partial charge is 0.250 e. The van der Waals surface area contributed by atoms with E-state index in [1.165, 1.54) is 29.5 Å². The highest BCUT2D eigenvalue weighted by Crippen LogP contribution is 2.38. The summed E-state index contributed by atoms with van der Waals surface area (Å²) in [6, 6.07) is 18.6. The van der Waals surface area contributed by atoms with E-state index in [9.17, 15) is 9.18 Å². The molecule has 0 unspecified atom stereocenters. The summed E-state index contributed by atoms with van der Waals surface area (Å²) < 4.78 is 13.8. The SMILES string of the molecule is CCC(=C(c1ccc(C=CC(=O)Nc2nccs2)cc1)c1ccc2[nH]ncc2c1)c1ccc(F)cc1Cl. The maximum atomic E-state index is 13.8. The largest absolute Gasteiger partial charge is 0.298 e. The van der Waals surface area contributed by atoms with Crippen molar-refractivity contribution in [2.75, 3.05) is 5.32 Å². The molecule has 184 valence electrons. The van der Waals surface area contributed by atoms with Gasteiger partial charge < -0.3 is 0 Å². The number of anilines is 1. The van der Waals surface area contributed by atoms with Gasteiger partial charge in [-0.25, -0.2) is 9.37 Å². The highest BCUT2D eigenvalue weighted by atomic mass is 35.5. The van der Waals surface area contributed by atoms with Crippen LogP contribution in [0.4, 0.5) is 9.52 Å². The predicted octanol–water partition coefficient (Wildman–Crippen LogP) is 7.83. The topological polar surface area (TPSA) is 70.7 Å². The van der Waals surface area contributed by atoms with E-state index in [4.69, 9.17) is 11.6 Å². The molecule has 5 aromatic rings. The number of hydrogen-bond donors (Lipinski definition) is 2. The van der Waals surface area contributed by atoms with Gasteiger partial charge in [0.05, 0.1) is 16.7 Å². The quantitative estimate of drug-likeness (QED) is 0.167. The van der Waals surface area contributed by atoms with Crippen molar-refractivity contribution in [3.63, 3.8) is 0 Å². The Morgan fingerprint density at radius 3 is 2.65 bits per heavy atom. The van der Waals surface area contributed by atoms with Crippen molar-refractivity contribution in [3.8, 4) is 0 Å². The number of rotatable bonds is 7. The number of aromatic amines is 1. The summed E-state index contributed by atoms with van der Waals surface area (Å²) in [6.45, 7) is 2.06. The van der Waals surface area contributed by atoms with Gasteiger partial charge in [0.2, 0.25) is 5.91 Å². The number of nitrogens with one attached hydrogen (secondary N) is 2. The first-order valence-corrected chi connectivity index (χ1v) is 12.9. The number of carbonyl (C=O) groups excluding carboxylic acids is 1. The number of fused-ring (bicyclic) bond motifs is 1. The number of benzene rings is 3. The molecule has 2 aromatic heterocycles. The Kier molecular flexibility index (Phi) is 7.25. The Labute approximate surface area is 222 Å². The third-order valence-corrected chi connectivity index (χ3v) is 6.93. The molecule has 0 saturated heterocycles. The second-order valence-corrected chi connectivity index (χ2v) is 9.59. The lowest BCUT2D eigenvalue weighted by Crippen LogP contribution is -2.07. The van der Waals surface area contributed by atoms with E-state index in [2.05, 4.69) is 33.5 Å². The molecule has 0 spiro atoms. The van der Waals surface area contributed by atoms with Gasteiger partial charge in [-0.15, -0.1) is 11.3 Å². The van der Waals surface area contributed by atoms with Crippen LogP contribution in [0.1, 0.15) is 35.6 Å². The molecule has 2 heterocycles. The molecule has 8 heteroatoms. The lowest BCUT2D eigenvalue weighted by atomic mass is 9.87. The van der Waals surface area contributed by atoms with Crippen LogP contribution in [0.3, 0.4) is 0 Å². The molecule has 1 amide bonds. The van der Waals surface area contributed by atoms with Gasteiger partial charge in [-0.3, -0.25) is 15.2 Å². The van der Waals surface area contributed by atoms with E-state index < -0.39 is 0 Å². The third-order valence-electron chi connectivity index (χ3n) is 5.93. The maximum Gasteiger partial charge on any atom is 0.250 e. The van der Waals surface area contributed by atoms with Gasteiger partial charge in [0.15, 0.2) is 5.13 Å². The van der Waals surface area contributed by atoms with E-state index in [0.717, 1.165) is 44.3 Å². The average molecular weight is 529 g/mol. The molecule has 37 heavy (non-hydrogen) atoms. The van der Waals surface area contributed by atoms with E-state index in [-0.39, 0.29) is 11.7 Å². The monoisotopic (exact) mass is 528 g/mol. The van der Waals surface area contributed by atoms with Crippen LogP contribution in [-0.2, 0) is 4.79 Å². The lowest BCUT2D eigenvalue weighted by Gasteiger charge is -2.18. The van der Waals surface area contributed by atoms with Crippen molar-refractivity contribution >= 4 is 62.1 Å². The third kappa shape index (κ3) is 5.53. The van der Waals surface area contributed by atoms with E-state index in [1.54, 1.807) is 29.9 Å². The highest BCUT2D eigenvalue weighted by molar-refractivity contribution is 7.13. The standard InChI is InChI=1S/C29H22ClFN4OS/c1-2-23(24-10-9-22(31)16-25(24)30)28(20-8-11-26-21(15-20)17-33-35-26)19-6-3-18(4-7-19)5-12-27(36)34-29-32-13-14-37-29/h3-17H,2H2,1H3,(H,33,35)(H,32,34,36). The summed E-state index contributed by atoms with van der Waals surface area (Å²) in [7, 11) is 0. The number of allylic oxidation sites excluding steroid dienone is 1. The number of thiazole rings is 1. The van der Waals surface area contributed by atoms with Crippen LogP contribution in [0.25, 0.3) is 28.1 Å². The minimum absolute atomic E-state index is 0.243. The van der Waals surface area contributed by atoms with Gasteiger partial charge in [0.25, 0.3) is 0 Å². The molecule has 3 aromatic carbocycles. The second-order valence-electron chi connectivity index (χ2n) is 8.29. The van der Waals surface area contributed by atoms with Crippen LogP contribution in [0.15, 0.2) is 84.5 Å². The van der Waals surface area contributed by atoms with Crippen LogP contribution >= 0.6 is 22.9 Å². The van der Waals surface area contributed by atoms with Crippen molar-refractivity contribution in [2.45, 2.75) is 13.3 Å². The molecule has 0 saturated carbocycles. The van der Waals surface area contributed by atoms with E-state index >= 15 is 0 Å². The molecule has 0 aliphatic rings. The summed E-state index contributed by atoms with van der Waals surface area (Å²) in [5.74, 6) is -0.618. The fourth-order valence-electron chi connectivity index (χ4n) is 4.21. The predicted molar refractivity (Wildman–Crippen MR) is 150 cm³/mol. The zero-order chi connectivity index (χ0) is 25.8. The first kappa shape index (κ1) is 24.6. The molecule has 2 N–H and O–H groups in total. The normalized spacial score (nSPS) is 12.2. The van der Waals surface area contributed by atoms with Crippen molar-refractivity contribution in [1.29, 1.82) is 0 Å². The van der Waals surface area contributed by atoms with Crippen LogP contribution in [0.5, 0.6) is 0 Å². The van der Waals surface area contributed by atoms with Gasteiger partial charge in [-0.2, -0.15) is 5.10 Å². The molecular weight excluding hydrogens is 507 g/mol. The number of nitrogens with zero attached hydrogens (tertiary/aromatic N) is 2. The first-order valence-electron chi connectivity index (χ1n) is 11.6. The number of halogens is 2. The number of aromatic nitrogens is 3. The fraction of sp³-hybridized carbons (Fsp3) is 0.0690. The molecule has 0 bridgehead atoms. The molecular formula is C29H22ClFN4OS. The van der Waals surface area contributed by atoms with Gasteiger partial charge >= 0.3 is 0 Å². The van der Waals surface area contributed by atoms with Gasteiger partial charge in [0, 0.05) is 23.0 Å². The summed E-state index contributed by atoms with van der Waals surface area (Å²) >= 11 is 7.87. The maximum absolute atomic E-state index is 13.8. The van der Waals surface area contributed by atoms with E-state index in [0.29, 0.717) is 16.6 Å². The minimum Gasteiger partial charge on any atom is -0.298 e. The Morgan fingerprint density at radius 2 is 1.92 bits per heavy atom. The van der Waals surface area contributed by atoms with Crippen LogP contribution in [0.2, 0.25) is 5.02 Å². The molecule has 0 aliphatic heterocycles. The van der Waals surface area contributed by atoms with Crippen LogP contribution in [-0.4, -0.2) is 21.1 Å². The summed E-state index contributed by atoms with van der Waals surface area (Å²) in [5, 5.41) is 13.6. The summed E-state index contributed by atoms with van der Waals surface area (Å²) in [4.78, 5) is 16.2. The minimum atomic E-state index is -0.374. The molecule has 5 rings (SSSR count). The first-order chi connectivity index (χ1) is 18.0. The molecule has 0 atom stereocenters. The number of H-pyrrole nitrogens is 1. The van der Waals surface area contributed by atoms with E-state index in [1.807, 2.05) is 36.4 Å². The van der Waals surface area contributed by atoms with Crippen molar-refractivity contribution < 1.29 is 9.18 Å². The highest BCUT2D eigenvalue weighted by Gasteiger charge is 2.16. The zero-order valence-corrected chi connectivity index (χ0v) is 21.4. The van der Waals surface area contributed by atoms with Gasteiger partial charge in [-0.05, 0) is 70.2 Å².